The van der Waals surface area contributed by atoms with E-state index in [4.69, 9.17) is 21.7 Å². The lowest BCUT2D eigenvalue weighted by molar-refractivity contribution is 0.354. The quantitative estimate of drug-likeness (QED) is 0.657. The fraction of sp³-hybridized carbons (Fsp3) is 0.286. The highest BCUT2D eigenvalue weighted by Crippen LogP contribution is 2.28. The van der Waals surface area contributed by atoms with Crippen molar-refractivity contribution in [2.45, 2.75) is 13.0 Å². The third-order valence-electron chi connectivity index (χ3n) is 2.96. The molecule has 0 saturated carbocycles. The lowest BCUT2D eigenvalue weighted by Crippen LogP contribution is -2.03. The van der Waals surface area contributed by atoms with Crippen molar-refractivity contribution in [3.8, 4) is 11.5 Å². The lowest BCUT2D eigenvalue weighted by Gasteiger charge is -2.09. The van der Waals surface area contributed by atoms with Crippen LogP contribution in [0.15, 0.2) is 30.9 Å². The van der Waals surface area contributed by atoms with Crippen molar-refractivity contribution in [3.63, 3.8) is 0 Å². The first-order valence-corrected chi connectivity index (χ1v) is 6.56. The first-order chi connectivity index (χ1) is 9.69. The summed E-state index contributed by atoms with van der Waals surface area (Å²) in [6.07, 6.45) is 2.45. The van der Waals surface area contributed by atoms with Crippen molar-refractivity contribution >= 4 is 12.2 Å². The predicted molar refractivity (Wildman–Crippen MR) is 80.0 cm³/mol. The van der Waals surface area contributed by atoms with Crippen molar-refractivity contribution in [2.75, 3.05) is 14.2 Å². The third kappa shape index (κ3) is 2.91. The Kier molecular flexibility index (Phi) is 4.57. The van der Waals surface area contributed by atoms with E-state index in [2.05, 4.69) is 16.8 Å². The molecule has 0 aliphatic heterocycles. The Balaban J connectivity index is 2.30. The minimum absolute atomic E-state index is 0.598. The second-order valence-corrected chi connectivity index (χ2v) is 4.60. The zero-order valence-corrected chi connectivity index (χ0v) is 12.4. The summed E-state index contributed by atoms with van der Waals surface area (Å²) < 4.78 is 13.0. The van der Waals surface area contributed by atoms with E-state index in [-0.39, 0.29) is 0 Å². The summed E-state index contributed by atoms with van der Waals surface area (Å²) in [5, 5.41) is 7.06. The van der Waals surface area contributed by atoms with Gasteiger partial charge in [-0.2, -0.15) is 5.10 Å². The standard InChI is InChI=1S/C14H17N3O2S/c1-4-7-17-13(15-16-14(17)20)9-10-5-6-11(18-2)12(8-10)19-3/h4-6,8H,1,7,9H2,2-3H3,(H,16,20). The van der Waals surface area contributed by atoms with Crippen LogP contribution in [0.4, 0.5) is 0 Å². The minimum atomic E-state index is 0.598. The Hall–Kier alpha value is -2.08. The number of aromatic amines is 1. The highest BCUT2D eigenvalue weighted by atomic mass is 32.1. The average Bonchev–Trinajstić information content (AvgIpc) is 2.80. The van der Waals surface area contributed by atoms with Crippen LogP contribution < -0.4 is 9.47 Å². The molecule has 0 spiro atoms. The van der Waals surface area contributed by atoms with E-state index >= 15 is 0 Å². The van der Waals surface area contributed by atoms with Crippen LogP contribution in [-0.2, 0) is 13.0 Å². The van der Waals surface area contributed by atoms with Crippen LogP contribution in [-0.4, -0.2) is 29.0 Å². The largest absolute Gasteiger partial charge is 0.493 e. The highest BCUT2D eigenvalue weighted by Gasteiger charge is 2.09. The Morgan fingerprint density at radius 3 is 2.75 bits per heavy atom. The monoisotopic (exact) mass is 291 g/mol. The van der Waals surface area contributed by atoms with Crippen LogP contribution in [0.2, 0.25) is 0 Å². The Bertz CT molecular complexity index is 661. The normalized spacial score (nSPS) is 10.3. The molecule has 106 valence electrons. The number of aromatic nitrogens is 3. The topological polar surface area (TPSA) is 52.1 Å². The number of H-pyrrole nitrogens is 1. The van der Waals surface area contributed by atoms with E-state index < -0.39 is 0 Å². The van der Waals surface area contributed by atoms with Gasteiger partial charge in [-0.1, -0.05) is 12.1 Å². The van der Waals surface area contributed by atoms with Crippen molar-refractivity contribution < 1.29 is 9.47 Å². The molecule has 0 bridgehead atoms. The molecule has 0 aliphatic carbocycles. The van der Waals surface area contributed by atoms with Crippen molar-refractivity contribution in [2.24, 2.45) is 0 Å². The molecular formula is C14H17N3O2S. The van der Waals surface area contributed by atoms with Gasteiger partial charge in [0, 0.05) is 13.0 Å². The SMILES string of the molecule is C=CCn1c(Cc2ccc(OC)c(OC)c2)n[nH]c1=S. The van der Waals surface area contributed by atoms with Crippen LogP contribution in [0.25, 0.3) is 0 Å². The Morgan fingerprint density at radius 1 is 1.35 bits per heavy atom. The number of hydrogen-bond donors (Lipinski definition) is 1. The summed E-state index contributed by atoms with van der Waals surface area (Å²) in [5.74, 6) is 2.28. The molecule has 5 nitrogen and oxygen atoms in total. The van der Waals surface area contributed by atoms with Crippen LogP contribution in [0, 0.1) is 4.77 Å². The van der Waals surface area contributed by atoms with Crippen LogP contribution in [0.3, 0.4) is 0 Å². The van der Waals surface area contributed by atoms with Gasteiger partial charge in [-0.15, -0.1) is 6.58 Å². The van der Waals surface area contributed by atoms with Crippen molar-refractivity contribution in [1.29, 1.82) is 0 Å². The molecule has 0 saturated heterocycles. The molecule has 0 fully saturated rings. The number of nitrogens with zero attached hydrogens (tertiary/aromatic N) is 2. The maximum Gasteiger partial charge on any atom is 0.195 e. The number of nitrogens with one attached hydrogen (secondary N) is 1. The maximum atomic E-state index is 5.30. The first kappa shape index (κ1) is 14.3. The highest BCUT2D eigenvalue weighted by molar-refractivity contribution is 7.71. The zero-order chi connectivity index (χ0) is 14.5. The van der Waals surface area contributed by atoms with Crippen LogP contribution in [0.1, 0.15) is 11.4 Å². The van der Waals surface area contributed by atoms with E-state index in [1.807, 2.05) is 22.8 Å². The summed E-state index contributed by atoms with van der Waals surface area (Å²) in [7, 11) is 3.24. The number of allylic oxidation sites excluding steroid dienone is 1. The van der Waals surface area contributed by atoms with E-state index in [1.165, 1.54) is 0 Å². The van der Waals surface area contributed by atoms with Gasteiger partial charge in [0.1, 0.15) is 5.82 Å². The first-order valence-electron chi connectivity index (χ1n) is 6.15. The lowest BCUT2D eigenvalue weighted by atomic mass is 10.1. The molecular weight excluding hydrogens is 274 g/mol. The van der Waals surface area contributed by atoms with Gasteiger partial charge in [0.15, 0.2) is 16.3 Å². The van der Waals surface area contributed by atoms with Gasteiger partial charge >= 0.3 is 0 Å². The summed E-state index contributed by atoms with van der Waals surface area (Å²) in [6.45, 7) is 4.37. The molecule has 1 N–H and O–H groups in total. The predicted octanol–water partition coefficient (Wildman–Crippen LogP) is 2.73. The van der Waals surface area contributed by atoms with Gasteiger partial charge in [-0.25, -0.2) is 0 Å². The fourth-order valence-corrected chi connectivity index (χ4v) is 2.20. The second kappa shape index (κ2) is 6.38. The molecule has 0 unspecified atom stereocenters. The second-order valence-electron chi connectivity index (χ2n) is 4.21. The van der Waals surface area contributed by atoms with Gasteiger partial charge in [-0.3, -0.25) is 9.67 Å². The summed E-state index contributed by atoms with van der Waals surface area (Å²) in [6, 6.07) is 5.80. The molecule has 1 aromatic heterocycles. The average molecular weight is 291 g/mol. The molecule has 0 radical (unpaired) electrons. The van der Waals surface area contributed by atoms with E-state index in [9.17, 15) is 0 Å². The minimum Gasteiger partial charge on any atom is -0.493 e. The smallest absolute Gasteiger partial charge is 0.195 e. The van der Waals surface area contributed by atoms with Crippen molar-refractivity contribution in [1.82, 2.24) is 14.8 Å². The van der Waals surface area contributed by atoms with Gasteiger partial charge in [-0.05, 0) is 29.9 Å². The van der Waals surface area contributed by atoms with Gasteiger partial charge in [0.05, 0.1) is 14.2 Å². The summed E-state index contributed by atoms with van der Waals surface area (Å²) >= 11 is 5.20. The van der Waals surface area contributed by atoms with Crippen LogP contribution >= 0.6 is 12.2 Å². The molecule has 0 aliphatic rings. The summed E-state index contributed by atoms with van der Waals surface area (Å²) in [5.41, 5.74) is 1.07. The molecule has 1 aromatic carbocycles. The third-order valence-corrected chi connectivity index (χ3v) is 3.27. The van der Waals surface area contributed by atoms with Crippen LogP contribution in [0.5, 0.6) is 11.5 Å². The Morgan fingerprint density at radius 2 is 2.10 bits per heavy atom. The number of methoxy groups -OCH3 is 2. The number of ether oxygens (including phenoxy) is 2. The molecule has 0 amide bonds. The van der Waals surface area contributed by atoms with E-state index in [1.54, 1.807) is 20.3 Å². The number of hydrogen-bond acceptors (Lipinski definition) is 4. The van der Waals surface area contributed by atoms with Gasteiger partial charge in [0.25, 0.3) is 0 Å². The molecule has 20 heavy (non-hydrogen) atoms. The fourth-order valence-electron chi connectivity index (χ4n) is 1.98. The van der Waals surface area contributed by atoms with Crippen molar-refractivity contribution in [3.05, 3.63) is 47.0 Å². The van der Waals surface area contributed by atoms with Gasteiger partial charge in [0.2, 0.25) is 0 Å². The molecule has 0 atom stereocenters. The molecule has 6 heteroatoms. The van der Waals surface area contributed by atoms with E-state index in [0.717, 1.165) is 11.4 Å². The molecule has 2 rings (SSSR count). The Labute approximate surface area is 122 Å². The zero-order valence-electron chi connectivity index (χ0n) is 11.5. The van der Waals surface area contributed by atoms with E-state index in [0.29, 0.717) is 29.2 Å². The maximum absolute atomic E-state index is 5.30. The van der Waals surface area contributed by atoms with Gasteiger partial charge < -0.3 is 9.47 Å². The number of benzene rings is 1. The number of rotatable bonds is 6. The molecule has 1 heterocycles. The molecule has 2 aromatic rings. The summed E-state index contributed by atoms with van der Waals surface area (Å²) in [4.78, 5) is 0.